The lowest BCUT2D eigenvalue weighted by molar-refractivity contribution is -0.132. The zero-order valence-corrected chi connectivity index (χ0v) is 26.2. The molecule has 1 N–H and O–H groups in total. The van der Waals surface area contributed by atoms with E-state index in [0.717, 1.165) is 28.2 Å². The Bertz CT molecular complexity index is 2140. The van der Waals surface area contributed by atoms with Gasteiger partial charge in [-0.2, -0.15) is 5.26 Å². The standard InChI is InChI=1S/C43H32N2O2/c1-43(2)40-26-32(30-15-13-29(14-16-30)25-34(28-44)42(46)47)19-23-38(40)39-24-20-33(27-41(39)43)31-17-21-37(22-18-31)45(35-9-5-3-6-10-35)36-11-7-4-8-12-36/h3-27H,1-2H3,(H,46,47)/b34-25+. The Balaban J connectivity index is 1.18. The lowest BCUT2D eigenvalue weighted by Gasteiger charge is -2.25. The molecule has 1 aliphatic carbocycles. The molecule has 0 fully saturated rings. The van der Waals surface area contributed by atoms with E-state index in [1.165, 1.54) is 39.5 Å². The van der Waals surface area contributed by atoms with Gasteiger partial charge in [-0.25, -0.2) is 4.79 Å². The molecule has 6 aromatic carbocycles. The summed E-state index contributed by atoms with van der Waals surface area (Å²) in [5, 5.41) is 18.3. The smallest absolute Gasteiger partial charge is 0.346 e. The molecule has 226 valence electrons. The highest BCUT2D eigenvalue weighted by Crippen LogP contribution is 2.50. The Morgan fingerprint density at radius 2 is 1.04 bits per heavy atom. The third kappa shape index (κ3) is 5.49. The Morgan fingerprint density at radius 3 is 1.49 bits per heavy atom. The van der Waals surface area contributed by atoms with Crippen LogP contribution in [0.15, 0.2) is 151 Å². The summed E-state index contributed by atoms with van der Waals surface area (Å²) in [5.74, 6) is -1.23. The van der Waals surface area contributed by atoms with E-state index in [1.807, 2.05) is 36.4 Å². The van der Waals surface area contributed by atoms with Gasteiger partial charge in [0.05, 0.1) is 0 Å². The molecule has 6 aromatic rings. The summed E-state index contributed by atoms with van der Waals surface area (Å²) in [6, 6.07) is 52.5. The first kappa shape index (κ1) is 29.5. The minimum Gasteiger partial charge on any atom is -0.477 e. The maximum Gasteiger partial charge on any atom is 0.346 e. The highest BCUT2D eigenvalue weighted by atomic mass is 16.4. The lowest BCUT2D eigenvalue weighted by Crippen LogP contribution is -2.15. The van der Waals surface area contributed by atoms with Crippen molar-refractivity contribution in [3.63, 3.8) is 0 Å². The largest absolute Gasteiger partial charge is 0.477 e. The number of rotatable bonds is 7. The minimum atomic E-state index is -1.23. The highest BCUT2D eigenvalue weighted by Gasteiger charge is 2.35. The molecule has 1 aliphatic rings. The Hall–Kier alpha value is -6.18. The molecule has 0 saturated heterocycles. The first-order valence-corrected chi connectivity index (χ1v) is 15.6. The number of fused-ring (bicyclic) bond motifs is 3. The third-order valence-corrected chi connectivity index (χ3v) is 9.07. The molecule has 0 bridgehead atoms. The lowest BCUT2D eigenvalue weighted by atomic mass is 9.81. The molecule has 0 atom stereocenters. The average molecular weight is 609 g/mol. The van der Waals surface area contributed by atoms with Gasteiger partial charge >= 0.3 is 5.97 Å². The first-order valence-electron chi connectivity index (χ1n) is 15.6. The van der Waals surface area contributed by atoms with Crippen LogP contribution in [-0.2, 0) is 10.2 Å². The summed E-state index contributed by atoms with van der Waals surface area (Å²) >= 11 is 0. The Labute approximate surface area is 275 Å². The van der Waals surface area contributed by atoms with E-state index < -0.39 is 5.97 Å². The SMILES string of the molecule is CC1(C)c2cc(-c3ccc(/C=C(\C#N)C(=O)O)cc3)ccc2-c2ccc(-c3ccc(N(c4ccccc4)c4ccccc4)cc3)cc21. The van der Waals surface area contributed by atoms with Gasteiger partial charge in [0.15, 0.2) is 0 Å². The van der Waals surface area contributed by atoms with E-state index in [4.69, 9.17) is 5.26 Å². The molecule has 0 saturated carbocycles. The van der Waals surface area contributed by atoms with Crippen LogP contribution >= 0.6 is 0 Å². The molecular weight excluding hydrogens is 576 g/mol. The van der Waals surface area contributed by atoms with Crippen molar-refractivity contribution < 1.29 is 9.90 Å². The van der Waals surface area contributed by atoms with Gasteiger partial charge in [0, 0.05) is 22.5 Å². The third-order valence-electron chi connectivity index (χ3n) is 9.07. The normalized spacial score (nSPS) is 12.9. The minimum absolute atomic E-state index is 0.195. The van der Waals surface area contributed by atoms with E-state index in [-0.39, 0.29) is 11.0 Å². The number of carboxylic acids is 1. The van der Waals surface area contributed by atoms with Crippen molar-refractivity contribution >= 4 is 29.1 Å². The summed E-state index contributed by atoms with van der Waals surface area (Å²) in [5.41, 5.74) is 13.1. The summed E-state index contributed by atoms with van der Waals surface area (Å²) in [4.78, 5) is 13.5. The van der Waals surface area contributed by atoms with Crippen molar-refractivity contribution in [2.24, 2.45) is 0 Å². The van der Waals surface area contributed by atoms with Crippen LogP contribution in [0.2, 0.25) is 0 Å². The van der Waals surface area contributed by atoms with E-state index in [9.17, 15) is 9.90 Å². The van der Waals surface area contributed by atoms with Crippen LogP contribution in [0, 0.1) is 11.3 Å². The number of hydrogen-bond donors (Lipinski definition) is 1. The molecule has 0 unspecified atom stereocenters. The topological polar surface area (TPSA) is 64.3 Å². The van der Waals surface area contributed by atoms with Gasteiger partial charge in [-0.1, -0.05) is 111 Å². The molecule has 4 heteroatoms. The Kier molecular flexibility index (Phi) is 7.52. The van der Waals surface area contributed by atoms with Crippen molar-refractivity contribution in [3.8, 4) is 39.4 Å². The number of hydrogen-bond acceptors (Lipinski definition) is 3. The molecule has 7 rings (SSSR count). The van der Waals surface area contributed by atoms with Crippen molar-refractivity contribution in [1.29, 1.82) is 5.26 Å². The second-order valence-electron chi connectivity index (χ2n) is 12.3. The number of carbonyl (C=O) groups is 1. The zero-order valence-electron chi connectivity index (χ0n) is 26.2. The predicted molar refractivity (Wildman–Crippen MR) is 191 cm³/mol. The maximum absolute atomic E-state index is 11.2. The van der Waals surface area contributed by atoms with Gasteiger partial charge in [0.1, 0.15) is 11.6 Å². The van der Waals surface area contributed by atoms with Crippen LogP contribution in [0.25, 0.3) is 39.5 Å². The van der Waals surface area contributed by atoms with Gasteiger partial charge in [0.2, 0.25) is 0 Å². The molecule has 0 radical (unpaired) electrons. The predicted octanol–water partition coefficient (Wildman–Crippen LogP) is 10.8. The molecule has 47 heavy (non-hydrogen) atoms. The van der Waals surface area contributed by atoms with Crippen molar-refractivity contribution in [2.75, 3.05) is 4.90 Å². The van der Waals surface area contributed by atoms with E-state index in [1.54, 1.807) is 6.07 Å². The average Bonchev–Trinajstić information content (AvgIpc) is 3.33. The summed E-state index contributed by atoms with van der Waals surface area (Å²) < 4.78 is 0. The zero-order chi connectivity index (χ0) is 32.5. The van der Waals surface area contributed by atoms with E-state index in [0.29, 0.717) is 5.56 Å². The fraction of sp³-hybridized carbons (Fsp3) is 0.0698. The fourth-order valence-corrected chi connectivity index (χ4v) is 6.58. The number of benzene rings is 6. The summed E-state index contributed by atoms with van der Waals surface area (Å²) in [6.07, 6.45) is 1.39. The second-order valence-corrected chi connectivity index (χ2v) is 12.3. The maximum atomic E-state index is 11.2. The van der Waals surface area contributed by atoms with E-state index in [2.05, 4.69) is 128 Å². The van der Waals surface area contributed by atoms with Gasteiger partial charge in [-0.05, 0) is 105 Å². The molecule has 4 nitrogen and oxygen atoms in total. The van der Waals surface area contributed by atoms with Crippen molar-refractivity contribution in [3.05, 3.63) is 168 Å². The molecule has 0 aliphatic heterocycles. The fourth-order valence-electron chi connectivity index (χ4n) is 6.58. The van der Waals surface area contributed by atoms with Crippen molar-refractivity contribution in [2.45, 2.75) is 19.3 Å². The van der Waals surface area contributed by atoms with Crippen LogP contribution in [0.1, 0.15) is 30.5 Å². The molecule has 0 spiro atoms. The van der Waals surface area contributed by atoms with Gasteiger partial charge in [0.25, 0.3) is 0 Å². The number of carboxylic acid groups (broad SMARTS) is 1. The number of anilines is 3. The second kappa shape index (κ2) is 12.0. The van der Waals surface area contributed by atoms with E-state index >= 15 is 0 Å². The van der Waals surface area contributed by atoms with Crippen LogP contribution in [0.3, 0.4) is 0 Å². The van der Waals surface area contributed by atoms with Gasteiger partial charge < -0.3 is 10.0 Å². The highest BCUT2D eigenvalue weighted by molar-refractivity contribution is 5.96. The summed E-state index contributed by atoms with van der Waals surface area (Å²) in [6.45, 7) is 4.57. The van der Waals surface area contributed by atoms with Crippen LogP contribution in [-0.4, -0.2) is 11.1 Å². The molecule has 0 aromatic heterocycles. The van der Waals surface area contributed by atoms with Crippen molar-refractivity contribution in [1.82, 2.24) is 0 Å². The Morgan fingerprint density at radius 1 is 0.617 bits per heavy atom. The first-order chi connectivity index (χ1) is 22.8. The number of nitrogens with zero attached hydrogens (tertiary/aromatic N) is 2. The summed E-state index contributed by atoms with van der Waals surface area (Å²) in [7, 11) is 0. The number of nitriles is 1. The van der Waals surface area contributed by atoms with Gasteiger partial charge in [-0.3, -0.25) is 0 Å². The molecule has 0 amide bonds. The van der Waals surface area contributed by atoms with Crippen LogP contribution in [0.5, 0.6) is 0 Å². The molecule has 0 heterocycles. The number of aliphatic carboxylic acids is 1. The van der Waals surface area contributed by atoms with Crippen LogP contribution in [0.4, 0.5) is 17.1 Å². The van der Waals surface area contributed by atoms with Crippen LogP contribution < -0.4 is 4.90 Å². The van der Waals surface area contributed by atoms with Gasteiger partial charge in [-0.15, -0.1) is 0 Å². The monoisotopic (exact) mass is 608 g/mol. The number of para-hydroxylation sites is 2. The molecular formula is C43H32N2O2. The quantitative estimate of drug-likeness (QED) is 0.145.